The molecule has 138 valence electrons. The Morgan fingerprint density at radius 3 is 2.96 bits per heavy atom. The summed E-state index contributed by atoms with van der Waals surface area (Å²) in [6.07, 6.45) is 3.98. The Morgan fingerprint density at radius 2 is 2.15 bits per heavy atom. The van der Waals surface area contributed by atoms with Gasteiger partial charge in [0.15, 0.2) is 0 Å². The molecule has 0 radical (unpaired) electrons. The fourth-order valence-electron chi connectivity index (χ4n) is 3.37. The molecule has 1 aromatic carbocycles. The summed E-state index contributed by atoms with van der Waals surface area (Å²) >= 11 is 0. The fourth-order valence-corrected chi connectivity index (χ4v) is 3.37. The summed E-state index contributed by atoms with van der Waals surface area (Å²) in [7, 11) is 0. The van der Waals surface area contributed by atoms with Crippen LogP contribution in [-0.2, 0) is 11.2 Å². The van der Waals surface area contributed by atoms with Crippen molar-refractivity contribution in [2.75, 3.05) is 24.6 Å². The molecule has 2 aromatic heterocycles. The van der Waals surface area contributed by atoms with Gasteiger partial charge in [-0.1, -0.05) is 31.2 Å². The third-order valence-corrected chi connectivity index (χ3v) is 4.72. The molecule has 0 unspecified atom stereocenters. The molecule has 4 rings (SSSR count). The number of hydrogen-bond acceptors (Lipinski definition) is 6. The predicted octanol–water partition coefficient (Wildman–Crippen LogP) is 2.37. The molecule has 0 amide bonds. The molecule has 3 heterocycles. The molecule has 1 aliphatic heterocycles. The van der Waals surface area contributed by atoms with Gasteiger partial charge in [-0.2, -0.15) is 0 Å². The second-order valence-electron chi connectivity index (χ2n) is 6.41. The summed E-state index contributed by atoms with van der Waals surface area (Å²) in [5.74, 6) is 0.540. The molecule has 0 aliphatic carbocycles. The molecule has 7 heteroatoms. The van der Waals surface area contributed by atoms with Gasteiger partial charge in [0.05, 0.1) is 24.5 Å². The molecule has 1 fully saturated rings. The average molecular weight is 363 g/mol. The van der Waals surface area contributed by atoms with Crippen LogP contribution in [0.3, 0.4) is 0 Å². The second kappa shape index (κ2) is 7.67. The standard InChI is InChI=1S/C20H21N5O2/c1-2-14-5-3-4-6-15(14)18-12-25(9-10-27-18)20-23-17(11-19(26)24-20)16-7-8-21-13-22-16/h3-8,11,13,18H,2,9-10,12H2,1H3,(H,23,24,26)/t18-/m1/s1. The van der Waals surface area contributed by atoms with Crippen LogP contribution in [0, 0.1) is 0 Å². The average Bonchev–Trinajstić information content (AvgIpc) is 2.74. The van der Waals surface area contributed by atoms with Crippen molar-refractivity contribution in [1.29, 1.82) is 0 Å². The van der Waals surface area contributed by atoms with E-state index in [9.17, 15) is 4.79 Å². The minimum atomic E-state index is -0.203. The monoisotopic (exact) mass is 363 g/mol. The van der Waals surface area contributed by atoms with Crippen molar-refractivity contribution < 1.29 is 4.74 Å². The highest BCUT2D eigenvalue weighted by atomic mass is 16.5. The van der Waals surface area contributed by atoms with E-state index < -0.39 is 0 Å². The molecule has 0 saturated carbocycles. The van der Waals surface area contributed by atoms with E-state index in [0.717, 1.165) is 6.42 Å². The van der Waals surface area contributed by atoms with Crippen molar-refractivity contribution in [3.05, 3.63) is 70.4 Å². The van der Waals surface area contributed by atoms with E-state index in [4.69, 9.17) is 4.74 Å². The summed E-state index contributed by atoms with van der Waals surface area (Å²) in [6.45, 7) is 4.02. The number of nitrogens with one attached hydrogen (secondary N) is 1. The first kappa shape index (κ1) is 17.4. The lowest BCUT2D eigenvalue weighted by atomic mass is 9.99. The summed E-state index contributed by atoms with van der Waals surface area (Å²) in [4.78, 5) is 29.8. The number of aromatic amines is 1. The smallest absolute Gasteiger partial charge is 0.252 e. The molecule has 1 aliphatic rings. The topological polar surface area (TPSA) is 84.0 Å². The Kier molecular flexibility index (Phi) is 4.93. The van der Waals surface area contributed by atoms with Gasteiger partial charge in [0, 0.05) is 18.8 Å². The zero-order chi connectivity index (χ0) is 18.6. The van der Waals surface area contributed by atoms with Crippen molar-refractivity contribution in [3.8, 4) is 11.4 Å². The van der Waals surface area contributed by atoms with Gasteiger partial charge in [-0.3, -0.25) is 9.78 Å². The first-order chi connectivity index (χ1) is 13.2. The number of anilines is 1. The Bertz CT molecular complexity index is 973. The van der Waals surface area contributed by atoms with Crippen molar-refractivity contribution >= 4 is 5.95 Å². The third-order valence-electron chi connectivity index (χ3n) is 4.72. The number of benzene rings is 1. The van der Waals surface area contributed by atoms with Crippen molar-refractivity contribution in [2.45, 2.75) is 19.4 Å². The van der Waals surface area contributed by atoms with E-state index in [1.807, 2.05) is 12.1 Å². The van der Waals surface area contributed by atoms with E-state index in [-0.39, 0.29) is 11.7 Å². The van der Waals surface area contributed by atoms with Crippen molar-refractivity contribution in [3.63, 3.8) is 0 Å². The van der Waals surface area contributed by atoms with Crippen LogP contribution in [0.2, 0.25) is 0 Å². The van der Waals surface area contributed by atoms with Crippen LogP contribution >= 0.6 is 0 Å². The lowest BCUT2D eigenvalue weighted by Gasteiger charge is -2.34. The molecule has 7 nitrogen and oxygen atoms in total. The van der Waals surface area contributed by atoms with E-state index in [1.54, 1.807) is 12.3 Å². The number of hydrogen-bond donors (Lipinski definition) is 1. The third kappa shape index (κ3) is 3.73. The highest BCUT2D eigenvalue weighted by Gasteiger charge is 2.25. The first-order valence-corrected chi connectivity index (χ1v) is 9.06. The van der Waals surface area contributed by atoms with Gasteiger partial charge in [0.25, 0.3) is 5.56 Å². The Morgan fingerprint density at radius 1 is 1.26 bits per heavy atom. The number of H-pyrrole nitrogens is 1. The van der Waals surface area contributed by atoms with Gasteiger partial charge in [-0.15, -0.1) is 0 Å². The highest BCUT2D eigenvalue weighted by molar-refractivity contribution is 5.54. The normalized spacial score (nSPS) is 17.1. The highest BCUT2D eigenvalue weighted by Crippen LogP contribution is 2.27. The quantitative estimate of drug-likeness (QED) is 0.766. The molecule has 27 heavy (non-hydrogen) atoms. The summed E-state index contributed by atoms with van der Waals surface area (Å²) in [5.41, 5.74) is 3.43. The van der Waals surface area contributed by atoms with Crippen LogP contribution in [-0.4, -0.2) is 39.6 Å². The van der Waals surface area contributed by atoms with Gasteiger partial charge in [-0.05, 0) is 23.6 Å². The zero-order valence-electron chi connectivity index (χ0n) is 15.1. The van der Waals surface area contributed by atoms with Crippen LogP contribution in [0.4, 0.5) is 5.95 Å². The molecular formula is C20H21N5O2. The minimum Gasteiger partial charge on any atom is -0.370 e. The molecular weight excluding hydrogens is 342 g/mol. The van der Waals surface area contributed by atoms with Gasteiger partial charge < -0.3 is 9.64 Å². The molecule has 1 atom stereocenters. The number of ether oxygens (including phenoxy) is 1. The molecule has 1 saturated heterocycles. The largest absolute Gasteiger partial charge is 0.370 e. The van der Waals surface area contributed by atoms with Crippen molar-refractivity contribution in [2.24, 2.45) is 0 Å². The van der Waals surface area contributed by atoms with E-state index in [1.165, 1.54) is 23.5 Å². The van der Waals surface area contributed by atoms with Crippen LogP contribution < -0.4 is 10.5 Å². The van der Waals surface area contributed by atoms with E-state index in [2.05, 4.69) is 43.9 Å². The molecule has 3 aromatic rings. The van der Waals surface area contributed by atoms with Gasteiger partial charge in [0.2, 0.25) is 5.95 Å². The van der Waals surface area contributed by atoms with Gasteiger partial charge in [0.1, 0.15) is 12.4 Å². The summed E-state index contributed by atoms with van der Waals surface area (Å²) < 4.78 is 6.02. The van der Waals surface area contributed by atoms with E-state index in [0.29, 0.717) is 37.0 Å². The number of aryl methyl sites for hydroxylation is 1. The van der Waals surface area contributed by atoms with Crippen LogP contribution in [0.15, 0.2) is 53.7 Å². The first-order valence-electron chi connectivity index (χ1n) is 9.06. The maximum absolute atomic E-state index is 12.2. The number of rotatable bonds is 4. The molecule has 0 spiro atoms. The number of nitrogens with zero attached hydrogens (tertiary/aromatic N) is 4. The Labute approximate surface area is 157 Å². The SMILES string of the molecule is CCc1ccccc1[C@H]1CN(c2nc(-c3ccncn3)cc(=O)[nH]2)CCO1. The molecule has 0 bridgehead atoms. The minimum absolute atomic E-state index is 0.0529. The van der Waals surface area contributed by atoms with Crippen LogP contribution in [0.1, 0.15) is 24.2 Å². The summed E-state index contributed by atoms with van der Waals surface area (Å²) in [5, 5.41) is 0. The maximum atomic E-state index is 12.2. The lowest BCUT2D eigenvalue weighted by Crippen LogP contribution is -2.40. The predicted molar refractivity (Wildman–Crippen MR) is 103 cm³/mol. The summed E-state index contributed by atoms with van der Waals surface area (Å²) in [6, 6.07) is 11.5. The zero-order valence-corrected chi connectivity index (χ0v) is 15.1. The Hall–Kier alpha value is -3.06. The maximum Gasteiger partial charge on any atom is 0.252 e. The lowest BCUT2D eigenvalue weighted by molar-refractivity contribution is 0.0387. The van der Waals surface area contributed by atoms with Crippen LogP contribution in [0.25, 0.3) is 11.4 Å². The van der Waals surface area contributed by atoms with Gasteiger partial charge >= 0.3 is 0 Å². The molecule has 1 N–H and O–H groups in total. The number of aromatic nitrogens is 4. The number of morpholine rings is 1. The van der Waals surface area contributed by atoms with Crippen molar-refractivity contribution in [1.82, 2.24) is 19.9 Å². The van der Waals surface area contributed by atoms with Gasteiger partial charge in [-0.25, -0.2) is 15.0 Å². The Balaban J connectivity index is 1.64. The van der Waals surface area contributed by atoms with E-state index >= 15 is 0 Å². The van der Waals surface area contributed by atoms with Crippen LogP contribution in [0.5, 0.6) is 0 Å². The fraction of sp³-hybridized carbons (Fsp3) is 0.300. The second-order valence-corrected chi connectivity index (χ2v) is 6.41.